The van der Waals surface area contributed by atoms with Crippen molar-refractivity contribution in [3.63, 3.8) is 0 Å². The van der Waals surface area contributed by atoms with E-state index in [1.807, 2.05) is 18.2 Å². The first-order chi connectivity index (χ1) is 9.67. The van der Waals surface area contributed by atoms with Crippen LogP contribution >= 0.6 is 0 Å². The molecule has 108 valence electrons. The second-order valence-electron chi connectivity index (χ2n) is 6.07. The maximum atomic E-state index is 12.1. The number of ether oxygens (including phenoxy) is 1. The molecule has 3 heteroatoms. The van der Waals surface area contributed by atoms with E-state index in [1.165, 1.54) is 0 Å². The summed E-state index contributed by atoms with van der Waals surface area (Å²) in [6.07, 6.45) is 4.89. The minimum absolute atomic E-state index is 0.0907. The van der Waals surface area contributed by atoms with Crippen molar-refractivity contribution in [3.05, 3.63) is 29.8 Å². The first kappa shape index (κ1) is 13.5. The Balaban J connectivity index is 1.88. The SMILES string of the molecule is CCC1(CC)C[C@H](NC(=O)C2CC2)c2ccccc2O1. The highest BCUT2D eigenvalue weighted by Crippen LogP contribution is 2.43. The lowest BCUT2D eigenvalue weighted by Gasteiger charge is -2.41. The van der Waals surface area contributed by atoms with Crippen molar-refractivity contribution < 1.29 is 9.53 Å². The standard InChI is InChI=1S/C17H23NO2/c1-3-17(4-2)11-14(18-16(19)12-9-10-12)13-7-5-6-8-15(13)20-17/h5-8,12,14H,3-4,9-11H2,1-2H3,(H,18,19)/t14-/m0/s1. The molecule has 0 bridgehead atoms. The quantitative estimate of drug-likeness (QED) is 0.910. The molecule has 1 aromatic rings. The summed E-state index contributed by atoms with van der Waals surface area (Å²) in [4.78, 5) is 12.1. The van der Waals surface area contributed by atoms with Crippen molar-refractivity contribution in [2.45, 2.75) is 57.6 Å². The van der Waals surface area contributed by atoms with E-state index in [1.54, 1.807) is 0 Å². The van der Waals surface area contributed by atoms with E-state index in [9.17, 15) is 4.79 Å². The van der Waals surface area contributed by atoms with Crippen LogP contribution in [0.15, 0.2) is 24.3 Å². The highest BCUT2D eigenvalue weighted by Gasteiger charge is 2.40. The van der Waals surface area contributed by atoms with Crippen LogP contribution < -0.4 is 10.1 Å². The predicted molar refractivity (Wildman–Crippen MR) is 78.6 cm³/mol. The van der Waals surface area contributed by atoms with Crippen molar-refractivity contribution in [3.8, 4) is 5.75 Å². The monoisotopic (exact) mass is 273 g/mol. The molecular weight excluding hydrogens is 250 g/mol. The van der Waals surface area contributed by atoms with E-state index in [4.69, 9.17) is 4.74 Å². The minimum Gasteiger partial charge on any atom is -0.487 e. The third kappa shape index (κ3) is 2.41. The van der Waals surface area contributed by atoms with Gasteiger partial charge in [0.05, 0.1) is 6.04 Å². The van der Waals surface area contributed by atoms with Gasteiger partial charge in [0.1, 0.15) is 11.4 Å². The number of carbonyl (C=O) groups excluding carboxylic acids is 1. The first-order valence-electron chi connectivity index (χ1n) is 7.76. The fourth-order valence-electron chi connectivity index (χ4n) is 3.07. The topological polar surface area (TPSA) is 38.3 Å². The van der Waals surface area contributed by atoms with Crippen LogP contribution in [0.1, 0.15) is 57.6 Å². The number of hydrogen-bond acceptors (Lipinski definition) is 2. The lowest BCUT2D eigenvalue weighted by atomic mass is 9.83. The maximum absolute atomic E-state index is 12.1. The average molecular weight is 273 g/mol. The van der Waals surface area contributed by atoms with Gasteiger partial charge in [-0.25, -0.2) is 0 Å². The van der Waals surface area contributed by atoms with Gasteiger partial charge in [-0.2, -0.15) is 0 Å². The van der Waals surface area contributed by atoms with Gasteiger partial charge in [-0.15, -0.1) is 0 Å². The summed E-state index contributed by atoms with van der Waals surface area (Å²) >= 11 is 0. The molecule has 2 aliphatic rings. The van der Waals surface area contributed by atoms with Gasteiger partial charge >= 0.3 is 0 Å². The molecule has 1 saturated carbocycles. The average Bonchev–Trinajstić information content (AvgIpc) is 3.31. The highest BCUT2D eigenvalue weighted by atomic mass is 16.5. The Morgan fingerprint density at radius 2 is 2.00 bits per heavy atom. The van der Waals surface area contributed by atoms with Gasteiger partial charge in [-0.05, 0) is 31.7 Å². The summed E-state index contributed by atoms with van der Waals surface area (Å²) in [7, 11) is 0. The second-order valence-corrected chi connectivity index (χ2v) is 6.07. The molecule has 0 saturated heterocycles. The van der Waals surface area contributed by atoms with Crippen molar-refractivity contribution in [2.75, 3.05) is 0 Å². The highest BCUT2D eigenvalue weighted by molar-refractivity contribution is 5.81. The molecule has 1 amide bonds. The van der Waals surface area contributed by atoms with Gasteiger partial charge in [0.25, 0.3) is 0 Å². The molecule has 0 spiro atoms. The molecule has 1 aromatic carbocycles. The van der Waals surface area contributed by atoms with Crippen molar-refractivity contribution >= 4 is 5.91 Å². The molecule has 3 nitrogen and oxygen atoms in total. The van der Waals surface area contributed by atoms with E-state index in [2.05, 4.69) is 25.2 Å². The van der Waals surface area contributed by atoms with Crippen molar-refractivity contribution in [1.29, 1.82) is 0 Å². The Labute approximate surface area is 120 Å². The molecule has 1 heterocycles. The third-order valence-corrected chi connectivity index (χ3v) is 4.75. The Morgan fingerprint density at radius 1 is 1.30 bits per heavy atom. The van der Waals surface area contributed by atoms with E-state index in [0.717, 1.165) is 43.4 Å². The lowest BCUT2D eigenvalue weighted by molar-refractivity contribution is -0.123. The van der Waals surface area contributed by atoms with Gasteiger partial charge in [0.15, 0.2) is 0 Å². The Hall–Kier alpha value is -1.51. The van der Waals surface area contributed by atoms with Crippen molar-refractivity contribution in [2.24, 2.45) is 5.92 Å². The molecule has 1 atom stereocenters. The van der Waals surface area contributed by atoms with E-state index < -0.39 is 0 Å². The van der Waals surface area contributed by atoms with Crippen LogP contribution in [0.25, 0.3) is 0 Å². The number of nitrogens with one attached hydrogen (secondary N) is 1. The van der Waals surface area contributed by atoms with Crippen LogP contribution in [0.5, 0.6) is 5.75 Å². The number of para-hydroxylation sites is 1. The van der Waals surface area contributed by atoms with Gasteiger partial charge in [0, 0.05) is 17.9 Å². The first-order valence-corrected chi connectivity index (χ1v) is 7.76. The summed E-state index contributed by atoms with van der Waals surface area (Å²) < 4.78 is 6.25. The molecule has 0 radical (unpaired) electrons. The second kappa shape index (κ2) is 5.12. The fourth-order valence-corrected chi connectivity index (χ4v) is 3.07. The normalized spacial score (nSPS) is 23.6. The zero-order valence-electron chi connectivity index (χ0n) is 12.3. The summed E-state index contributed by atoms with van der Waals surface area (Å²) in [5.74, 6) is 1.40. The third-order valence-electron chi connectivity index (χ3n) is 4.75. The van der Waals surface area contributed by atoms with Gasteiger partial charge in [0.2, 0.25) is 5.91 Å². The number of rotatable bonds is 4. The molecule has 1 aliphatic heterocycles. The van der Waals surface area contributed by atoms with Gasteiger partial charge in [-0.3, -0.25) is 4.79 Å². The number of hydrogen-bond donors (Lipinski definition) is 1. The molecular formula is C17H23NO2. The number of carbonyl (C=O) groups is 1. The summed E-state index contributed by atoms with van der Waals surface area (Å²) in [6, 6.07) is 8.20. The zero-order chi connectivity index (χ0) is 14.2. The summed E-state index contributed by atoms with van der Waals surface area (Å²) in [5, 5.41) is 3.24. The van der Waals surface area contributed by atoms with E-state index in [-0.39, 0.29) is 23.5 Å². The van der Waals surface area contributed by atoms with E-state index >= 15 is 0 Å². The van der Waals surface area contributed by atoms with Gasteiger partial charge in [-0.1, -0.05) is 32.0 Å². The van der Waals surface area contributed by atoms with Crippen LogP contribution in [0, 0.1) is 5.92 Å². The smallest absolute Gasteiger partial charge is 0.223 e. The summed E-state index contributed by atoms with van der Waals surface area (Å²) in [6.45, 7) is 4.33. The Kier molecular flexibility index (Phi) is 3.45. The largest absolute Gasteiger partial charge is 0.487 e. The molecule has 1 fully saturated rings. The Bertz CT molecular complexity index is 503. The minimum atomic E-state index is -0.143. The van der Waals surface area contributed by atoms with Crippen LogP contribution in [0.3, 0.4) is 0 Å². The number of fused-ring (bicyclic) bond motifs is 1. The molecule has 20 heavy (non-hydrogen) atoms. The fraction of sp³-hybridized carbons (Fsp3) is 0.588. The van der Waals surface area contributed by atoms with Crippen LogP contribution in [0.2, 0.25) is 0 Å². The Morgan fingerprint density at radius 3 is 2.65 bits per heavy atom. The molecule has 0 unspecified atom stereocenters. The van der Waals surface area contributed by atoms with Crippen molar-refractivity contribution in [1.82, 2.24) is 5.32 Å². The van der Waals surface area contributed by atoms with Crippen LogP contribution in [0.4, 0.5) is 0 Å². The predicted octanol–water partition coefficient (Wildman–Crippen LogP) is 3.60. The lowest BCUT2D eigenvalue weighted by Crippen LogP contribution is -2.44. The zero-order valence-corrected chi connectivity index (χ0v) is 12.3. The van der Waals surface area contributed by atoms with Gasteiger partial charge < -0.3 is 10.1 Å². The maximum Gasteiger partial charge on any atom is 0.223 e. The molecule has 1 N–H and O–H groups in total. The van der Waals surface area contributed by atoms with E-state index in [0.29, 0.717) is 0 Å². The molecule has 0 aromatic heterocycles. The van der Waals surface area contributed by atoms with Crippen LogP contribution in [-0.2, 0) is 4.79 Å². The van der Waals surface area contributed by atoms with Crippen LogP contribution in [-0.4, -0.2) is 11.5 Å². The summed E-state index contributed by atoms with van der Waals surface area (Å²) in [5.41, 5.74) is 0.981. The number of benzene rings is 1. The molecule has 1 aliphatic carbocycles. The molecule has 3 rings (SSSR count). The number of amides is 1.